The molecular formula is C21H23FN2O4. The second-order valence-corrected chi connectivity index (χ2v) is 6.52. The second-order valence-electron chi connectivity index (χ2n) is 6.52. The number of halogens is 1. The summed E-state index contributed by atoms with van der Waals surface area (Å²) in [4.78, 5) is 28.4. The first-order valence-corrected chi connectivity index (χ1v) is 9.19. The average Bonchev–Trinajstić information content (AvgIpc) is 2.73. The number of esters is 1. The summed E-state index contributed by atoms with van der Waals surface area (Å²) in [6, 6.07) is 15.4. The maximum Gasteiger partial charge on any atom is 0.344 e. The van der Waals surface area contributed by atoms with Gasteiger partial charge in [-0.15, -0.1) is 0 Å². The van der Waals surface area contributed by atoms with Gasteiger partial charge in [-0.1, -0.05) is 18.2 Å². The average molecular weight is 386 g/mol. The number of hydrogen-bond acceptors (Lipinski definition) is 5. The molecule has 1 aliphatic rings. The maximum atomic E-state index is 12.9. The van der Waals surface area contributed by atoms with Crippen LogP contribution in [-0.2, 0) is 14.3 Å². The van der Waals surface area contributed by atoms with Gasteiger partial charge in [-0.05, 0) is 43.3 Å². The zero-order chi connectivity index (χ0) is 19.9. The summed E-state index contributed by atoms with van der Waals surface area (Å²) in [6.45, 7) is 3.81. The first-order chi connectivity index (χ1) is 13.5. The van der Waals surface area contributed by atoms with Gasteiger partial charge >= 0.3 is 5.97 Å². The zero-order valence-electron chi connectivity index (χ0n) is 15.7. The second kappa shape index (κ2) is 9.21. The Morgan fingerprint density at radius 2 is 1.64 bits per heavy atom. The van der Waals surface area contributed by atoms with Crippen LogP contribution in [-0.4, -0.2) is 55.7 Å². The van der Waals surface area contributed by atoms with E-state index in [9.17, 15) is 14.0 Å². The lowest BCUT2D eigenvalue weighted by Gasteiger charge is -2.37. The molecule has 0 saturated carbocycles. The summed E-state index contributed by atoms with van der Waals surface area (Å²) in [5.74, 6) is -0.896. The third-order valence-corrected chi connectivity index (χ3v) is 4.54. The summed E-state index contributed by atoms with van der Waals surface area (Å²) in [5.41, 5.74) is 1.13. The van der Waals surface area contributed by atoms with Crippen LogP contribution in [0.3, 0.4) is 0 Å². The molecule has 3 rings (SSSR count). The molecule has 7 heteroatoms. The van der Waals surface area contributed by atoms with Gasteiger partial charge in [0.25, 0.3) is 5.91 Å². The van der Waals surface area contributed by atoms with Crippen LogP contribution in [0.25, 0.3) is 0 Å². The number of benzene rings is 2. The Balaban J connectivity index is 1.43. The van der Waals surface area contributed by atoms with E-state index in [0.29, 0.717) is 18.8 Å². The standard InChI is InChI=1S/C21H23FN2O4/c1-16(28-20(25)15-27-19-9-7-17(22)8-10-19)21(26)24-13-11-23(12-14-24)18-5-3-2-4-6-18/h2-10,16H,11-15H2,1H3/t16-/m0/s1. The van der Waals surface area contributed by atoms with Gasteiger partial charge in [0.2, 0.25) is 0 Å². The molecule has 28 heavy (non-hydrogen) atoms. The summed E-state index contributed by atoms with van der Waals surface area (Å²) < 4.78 is 23.3. The molecule has 0 unspecified atom stereocenters. The van der Waals surface area contributed by atoms with Gasteiger partial charge < -0.3 is 19.3 Å². The van der Waals surface area contributed by atoms with Crippen LogP contribution in [0.1, 0.15) is 6.92 Å². The van der Waals surface area contributed by atoms with Crippen molar-refractivity contribution in [2.75, 3.05) is 37.7 Å². The van der Waals surface area contributed by atoms with Crippen molar-refractivity contribution in [3.05, 3.63) is 60.4 Å². The number of rotatable bonds is 6. The molecule has 1 saturated heterocycles. The molecule has 0 spiro atoms. The van der Waals surface area contributed by atoms with Gasteiger partial charge in [0, 0.05) is 31.9 Å². The quantitative estimate of drug-likeness (QED) is 0.714. The summed E-state index contributed by atoms with van der Waals surface area (Å²) in [6.07, 6.45) is -0.882. The lowest BCUT2D eigenvalue weighted by molar-refractivity contribution is -0.160. The van der Waals surface area contributed by atoms with Crippen LogP contribution >= 0.6 is 0 Å². The van der Waals surface area contributed by atoms with Crippen molar-refractivity contribution in [2.45, 2.75) is 13.0 Å². The largest absolute Gasteiger partial charge is 0.482 e. The number of hydrogen-bond donors (Lipinski definition) is 0. The first-order valence-electron chi connectivity index (χ1n) is 9.19. The minimum atomic E-state index is -0.882. The van der Waals surface area contributed by atoms with Crippen molar-refractivity contribution in [2.24, 2.45) is 0 Å². The molecule has 1 heterocycles. The third-order valence-electron chi connectivity index (χ3n) is 4.54. The lowest BCUT2D eigenvalue weighted by Crippen LogP contribution is -2.51. The van der Waals surface area contributed by atoms with Gasteiger partial charge in [0.05, 0.1) is 0 Å². The number of piperazine rings is 1. The molecule has 1 amide bonds. The predicted octanol–water partition coefficient (Wildman–Crippen LogP) is 2.49. The highest BCUT2D eigenvalue weighted by molar-refractivity contribution is 5.84. The number of carbonyl (C=O) groups is 2. The van der Waals surface area contributed by atoms with E-state index in [4.69, 9.17) is 9.47 Å². The van der Waals surface area contributed by atoms with Crippen molar-refractivity contribution in [3.63, 3.8) is 0 Å². The molecule has 1 aliphatic heterocycles. The van der Waals surface area contributed by atoms with Crippen molar-refractivity contribution < 1.29 is 23.5 Å². The number of amides is 1. The van der Waals surface area contributed by atoms with Crippen molar-refractivity contribution >= 4 is 17.6 Å². The summed E-state index contributed by atoms with van der Waals surface area (Å²) in [7, 11) is 0. The molecule has 0 aliphatic carbocycles. The van der Waals surface area contributed by atoms with Gasteiger partial charge in [-0.3, -0.25) is 4.79 Å². The molecule has 1 fully saturated rings. The van der Waals surface area contributed by atoms with Crippen LogP contribution in [0, 0.1) is 5.82 Å². The molecule has 2 aromatic carbocycles. The Morgan fingerprint density at radius 3 is 2.29 bits per heavy atom. The maximum absolute atomic E-state index is 12.9. The topological polar surface area (TPSA) is 59.1 Å². The Bertz CT molecular complexity index is 790. The Labute approximate surface area is 163 Å². The summed E-state index contributed by atoms with van der Waals surface area (Å²) >= 11 is 0. The highest BCUT2D eigenvalue weighted by atomic mass is 19.1. The van der Waals surface area contributed by atoms with Gasteiger partial charge in [0.1, 0.15) is 11.6 Å². The number of carbonyl (C=O) groups excluding carboxylic acids is 2. The number of nitrogens with zero attached hydrogens (tertiary/aromatic N) is 2. The molecule has 1 atom stereocenters. The molecular weight excluding hydrogens is 363 g/mol. The molecule has 0 bridgehead atoms. The smallest absolute Gasteiger partial charge is 0.344 e. The monoisotopic (exact) mass is 386 g/mol. The molecule has 2 aromatic rings. The van der Waals surface area contributed by atoms with E-state index in [2.05, 4.69) is 4.90 Å². The van der Waals surface area contributed by atoms with Gasteiger partial charge in [-0.25, -0.2) is 9.18 Å². The molecule has 148 valence electrons. The molecule has 6 nitrogen and oxygen atoms in total. The Kier molecular flexibility index (Phi) is 6.47. The SMILES string of the molecule is C[C@H](OC(=O)COc1ccc(F)cc1)C(=O)N1CCN(c2ccccc2)CC1. The van der Waals surface area contributed by atoms with Crippen molar-refractivity contribution in [1.82, 2.24) is 4.90 Å². The van der Waals surface area contributed by atoms with E-state index < -0.39 is 12.1 Å². The van der Waals surface area contributed by atoms with Crippen LogP contribution < -0.4 is 9.64 Å². The third kappa shape index (κ3) is 5.22. The lowest BCUT2D eigenvalue weighted by atomic mass is 10.2. The minimum absolute atomic E-state index is 0.220. The minimum Gasteiger partial charge on any atom is -0.482 e. The van der Waals surface area contributed by atoms with Crippen LogP contribution in [0.15, 0.2) is 54.6 Å². The van der Waals surface area contributed by atoms with Gasteiger partial charge in [0.15, 0.2) is 12.7 Å². The van der Waals surface area contributed by atoms with E-state index in [1.807, 2.05) is 30.3 Å². The van der Waals surface area contributed by atoms with Crippen LogP contribution in [0.5, 0.6) is 5.75 Å². The highest BCUT2D eigenvalue weighted by Crippen LogP contribution is 2.16. The van der Waals surface area contributed by atoms with Crippen molar-refractivity contribution in [3.8, 4) is 5.75 Å². The Hall–Kier alpha value is -3.09. The van der Waals surface area contributed by atoms with Crippen LogP contribution in [0.2, 0.25) is 0 Å². The van der Waals surface area contributed by atoms with E-state index in [-0.39, 0.29) is 18.3 Å². The molecule has 0 N–H and O–H groups in total. The zero-order valence-corrected chi connectivity index (χ0v) is 15.7. The Morgan fingerprint density at radius 1 is 1.00 bits per heavy atom. The number of ether oxygens (including phenoxy) is 2. The first kappa shape index (κ1) is 19.7. The molecule has 0 aromatic heterocycles. The van der Waals surface area contributed by atoms with Crippen molar-refractivity contribution in [1.29, 1.82) is 0 Å². The summed E-state index contributed by atoms with van der Waals surface area (Å²) in [5, 5.41) is 0. The van der Waals surface area contributed by atoms with Crippen LogP contribution in [0.4, 0.5) is 10.1 Å². The number of para-hydroxylation sites is 1. The van der Waals surface area contributed by atoms with Gasteiger partial charge in [-0.2, -0.15) is 0 Å². The molecule has 0 radical (unpaired) electrons. The van der Waals surface area contributed by atoms with E-state index in [0.717, 1.165) is 18.8 Å². The van der Waals surface area contributed by atoms with E-state index in [1.54, 1.807) is 11.8 Å². The fourth-order valence-electron chi connectivity index (χ4n) is 3.04. The predicted molar refractivity (Wildman–Crippen MR) is 103 cm³/mol. The van der Waals surface area contributed by atoms with E-state index in [1.165, 1.54) is 24.3 Å². The fraction of sp³-hybridized carbons (Fsp3) is 0.333. The fourth-order valence-corrected chi connectivity index (χ4v) is 3.04. The number of anilines is 1. The normalized spacial score (nSPS) is 15.1. The highest BCUT2D eigenvalue weighted by Gasteiger charge is 2.27. The van der Waals surface area contributed by atoms with E-state index >= 15 is 0 Å².